The van der Waals surface area contributed by atoms with Crippen LogP contribution in [0.25, 0.3) is 16.9 Å². The summed E-state index contributed by atoms with van der Waals surface area (Å²) in [4.78, 5) is 11.3. The zero-order valence-corrected chi connectivity index (χ0v) is 7.31. The van der Waals surface area contributed by atoms with E-state index in [-0.39, 0.29) is 0 Å². The summed E-state index contributed by atoms with van der Waals surface area (Å²) in [5.74, 6) is 0. The van der Waals surface area contributed by atoms with Gasteiger partial charge in [-0.25, -0.2) is 9.97 Å². The minimum atomic E-state index is 0.726. The molecular weight excluding hydrogens is 178 g/mol. The molecule has 0 fully saturated rings. The number of fused-ring (bicyclic) bond motifs is 1. The molecule has 0 aliphatic carbocycles. The molecule has 0 unspecified atom stereocenters. The number of H-pyrrole nitrogens is 2. The molecule has 0 atom stereocenters. The minimum Gasteiger partial charge on any atom is -0.338 e. The van der Waals surface area contributed by atoms with Crippen LogP contribution in [-0.2, 0) is 0 Å². The molecular formula is C9H8N5+. The molecule has 0 aliphatic heterocycles. The van der Waals surface area contributed by atoms with Crippen molar-refractivity contribution < 1.29 is 4.68 Å². The molecule has 0 saturated carbocycles. The number of nitrogens with zero attached hydrogens (tertiary/aromatic N) is 3. The quantitative estimate of drug-likeness (QED) is 0.545. The van der Waals surface area contributed by atoms with Crippen molar-refractivity contribution in [2.24, 2.45) is 0 Å². The van der Waals surface area contributed by atoms with E-state index in [1.165, 1.54) is 0 Å². The van der Waals surface area contributed by atoms with Crippen molar-refractivity contribution in [3.8, 4) is 5.69 Å². The Morgan fingerprint density at radius 1 is 1.29 bits per heavy atom. The molecule has 3 heterocycles. The van der Waals surface area contributed by atoms with Gasteiger partial charge in [0.2, 0.25) is 6.20 Å². The predicted octanol–water partition coefficient (Wildman–Crippen LogP) is 0.563. The van der Waals surface area contributed by atoms with Crippen LogP contribution < -0.4 is 4.68 Å². The van der Waals surface area contributed by atoms with Crippen LogP contribution in [0, 0.1) is 0 Å². The van der Waals surface area contributed by atoms with Crippen LogP contribution in [0.2, 0.25) is 0 Å². The molecule has 68 valence electrons. The number of rotatable bonds is 1. The molecule has 14 heavy (non-hydrogen) atoms. The number of pyridine rings is 1. The number of hydrogen-bond acceptors (Lipinski definition) is 2. The van der Waals surface area contributed by atoms with Gasteiger partial charge in [0.25, 0.3) is 5.69 Å². The van der Waals surface area contributed by atoms with Crippen molar-refractivity contribution in [3.05, 3.63) is 37.1 Å². The van der Waals surface area contributed by atoms with E-state index >= 15 is 0 Å². The van der Waals surface area contributed by atoms with Gasteiger partial charge >= 0.3 is 0 Å². The highest BCUT2D eigenvalue weighted by molar-refractivity contribution is 5.77. The first-order valence-electron chi connectivity index (χ1n) is 4.29. The first kappa shape index (κ1) is 7.25. The predicted molar refractivity (Wildman–Crippen MR) is 49.8 cm³/mol. The second-order valence-electron chi connectivity index (χ2n) is 2.94. The third-order valence-electron chi connectivity index (χ3n) is 2.11. The van der Waals surface area contributed by atoms with Crippen LogP contribution in [0.5, 0.6) is 0 Å². The zero-order chi connectivity index (χ0) is 9.38. The lowest BCUT2D eigenvalue weighted by molar-refractivity contribution is -0.654. The lowest BCUT2D eigenvalue weighted by atomic mass is 10.3. The first-order valence-corrected chi connectivity index (χ1v) is 4.29. The fourth-order valence-electron chi connectivity index (χ4n) is 1.48. The van der Waals surface area contributed by atoms with E-state index in [4.69, 9.17) is 0 Å². The molecule has 0 spiro atoms. The van der Waals surface area contributed by atoms with Gasteiger partial charge in [-0.15, -0.1) is 0 Å². The number of aromatic amines is 2. The Labute approximate surface area is 79.4 Å². The molecule has 3 aromatic heterocycles. The Bertz CT molecular complexity index is 551. The maximum absolute atomic E-state index is 4.14. The van der Waals surface area contributed by atoms with E-state index in [9.17, 15) is 0 Å². The third-order valence-corrected chi connectivity index (χ3v) is 2.11. The maximum atomic E-state index is 4.14. The van der Waals surface area contributed by atoms with Gasteiger partial charge in [0, 0.05) is 18.3 Å². The maximum Gasteiger partial charge on any atom is 0.264 e. The molecule has 2 N–H and O–H groups in total. The van der Waals surface area contributed by atoms with Crippen molar-refractivity contribution in [1.29, 1.82) is 0 Å². The van der Waals surface area contributed by atoms with Crippen molar-refractivity contribution in [2.45, 2.75) is 0 Å². The summed E-state index contributed by atoms with van der Waals surface area (Å²) in [5, 5.41) is 3.08. The average Bonchev–Trinajstić information content (AvgIpc) is 2.88. The van der Waals surface area contributed by atoms with Crippen molar-refractivity contribution in [1.82, 2.24) is 20.1 Å². The Balaban J connectivity index is 2.36. The van der Waals surface area contributed by atoms with Crippen LogP contribution in [0.4, 0.5) is 0 Å². The fraction of sp³-hybridized carbons (Fsp3) is 0. The Morgan fingerprint density at radius 2 is 2.29 bits per heavy atom. The van der Waals surface area contributed by atoms with Crippen molar-refractivity contribution >= 4 is 11.2 Å². The number of aromatic nitrogens is 5. The van der Waals surface area contributed by atoms with Gasteiger partial charge in [0.1, 0.15) is 0 Å². The second-order valence-corrected chi connectivity index (χ2v) is 2.94. The smallest absolute Gasteiger partial charge is 0.264 e. The SMILES string of the molecule is c1c[nH][n+](-c2ccnc3nc[nH]c23)c1. The van der Waals surface area contributed by atoms with E-state index in [0.717, 1.165) is 16.9 Å². The molecule has 0 bridgehead atoms. The van der Waals surface area contributed by atoms with E-state index in [2.05, 4.69) is 20.1 Å². The molecule has 0 radical (unpaired) electrons. The molecule has 0 aliphatic rings. The van der Waals surface area contributed by atoms with Gasteiger partial charge in [-0.2, -0.15) is 5.10 Å². The summed E-state index contributed by atoms with van der Waals surface area (Å²) in [7, 11) is 0. The average molecular weight is 186 g/mol. The molecule has 5 heteroatoms. The molecule has 5 nitrogen and oxygen atoms in total. The van der Waals surface area contributed by atoms with Gasteiger partial charge in [-0.3, -0.25) is 0 Å². The van der Waals surface area contributed by atoms with Crippen LogP contribution in [-0.4, -0.2) is 20.1 Å². The van der Waals surface area contributed by atoms with E-state index in [1.54, 1.807) is 12.5 Å². The molecule has 0 amide bonds. The van der Waals surface area contributed by atoms with E-state index < -0.39 is 0 Å². The van der Waals surface area contributed by atoms with Crippen LogP contribution >= 0.6 is 0 Å². The Hall–Kier alpha value is -2.17. The van der Waals surface area contributed by atoms with Crippen molar-refractivity contribution in [3.63, 3.8) is 0 Å². The monoisotopic (exact) mass is 186 g/mol. The highest BCUT2D eigenvalue weighted by Crippen LogP contribution is 2.10. The number of imidazole rings is 1. The molecule has 0 aromatic carbocycles. The van der Waals surface area contributed by atoms with E-state index in [1.807, 2.05) is 29.2 Å². The minimum absolute atomic E-state index is 0.726. The Morgan fingerprint density at radius 3 is 3.14 bits per heavy atom. The highest BCUT2D eigenvalue weighted by atomic mass is 15.3. The largest absolute Gasteiger partial charge is 0.338 e. The normalized spacial score (nSPS) is 10.9. The van der Waals surface area contributed by atoms with Crippen LogP contribution in [0.15, 0.2) is 37.1 Å². The van der Waals surface area contributed by atoms with Gasteiger partial charge in [0.05, 0.1) is 12.5 Å². The number of nitrogens with one attached hydrogen (secondary N) is 2. The summed E-state index contributed by atoms with van der Waals surface area (Å²) >= 11 is 0. The summed E-state index contributed by atoms with van der Waals surface area (Å²) in [6.45, 7) is 0. The standard InChI is InChI=1S/C9H7N5/c1-3-13-14(5-1)7-2-4-10-9-8(7)11-6-12-9/h1-6H,(H,10,11,12)/p+1. The lowest BCUT2D eigenvalue weighted by Gasteiger charge is -1.91. The van der Waals surface area contributed by atoms with Crippen LogP contribution in [0.1, 0.15) is 0 Å². The third kappa shape index (κ3) is 0.922. The van der Waals surface area contributed by atoms with Crippen LogP contribution in [0.3, 0.4) is 0 Å². The fourth-order valence-corrected chi connectivity index (χ4v) is 1.48. The lowest BCUT2D eigenvalue weighted by Crippen LogP contribution is -2.31. The zero-order valence-electron chi connectivity index (χ0n) is 7.31. The van der Waals surface area contributed by atoms with E-state index in [0.29, 0.717) is 0 Å². The van der Waals surface area contributed by atoms with Gasteiger partial charge in [0.15, 0.2) is 11.2 Å². The van der Waals surface area contributed by atoms with Gasteiger partial charge in [-0.05, 0) is 0 Å². The van der Waals surface area contributed by atoms with Gasteiger partial charge in [-0.1, -0.05) is 4.68 Å². The molecule has 0 saturated heterocycles. The summed E-state index contributed by atoms with van der Waals surface area (Å²) in [6.07, 6.45) is 7.19. The number of hydrogen-bond donors (Lipinski definition) is 2. The van der Waals surface area contributed by atoms with Gasteiger partial charge < -0.3 is 4.98 Å². The first-order chi connectivity index (χ1) is 6.95. The topological polar surface area (TPSA) is 61.2 Å². The summed E-state index contributed by atoms with van der Waals surface area (Å²) in [5.41, 5.74) is 2.67. The second kappa shape index (κ2) is 2.66. The molecule has 3 rings (SSSR count). The summed E-state index contributed by atoms with van der Waals surface area (Å²) in [6, 6.07) is 3.86. The Kier molecular flexibility index (Phi) is 1.38. The molecule has 3 aromatic rings. The summed E-state index contributed by atoms with van der Waals surface area (Å²) < 4.78 is 1.90. The van der Waals surface area contributed by atoms with Crippen molar-refractivity contribution in [2.75, 3.05) is 0 Å². The highest BCUT2D eigenvalue weighted by Gasteiger charge is 2.13.